The molecule has 2 atom stereocenters. The molecule has 1 fully saturated rings. The predicted molar refractivity (Wildman–Crippen MR) is 76.3 cm³/mol. The lowest BCUT2D eigenvalue weighted by atomic mass is 9.83. The lowest BCUT2D eigenvalue weighted by Gasteiger charge is -2.37. The topological polar surface area (TPSA) is 68.7 Å². The van der Waals surface area contributed by atoms with E-state index >= 15 is 0 Å². The number of nitrogens with two attached hydrogens (primary N) is 1. The molecule has 5 nitrogen and oxygen atoms in total. The van der Waals surface area contributed by atoms with Crippen molar-refractivity contribution in [1.29, 1.82) is 0 Å². The Labute approximate surface area is 120 Å². The molecule has 5 heteroatoms. The summed E-state index contributed by atoms with van der Waals surface area (Å²) in [5.74, 6) is 0.430. The molecule has 0 saturated heterocycles. The Balaban J connectivity index is 2.05. The molecule has 1 heterocycles. The van der Waals surface area contributed by atoms with Crippen LogP contribution in [0.5, 0.6) is 0 Å². The van der Waals surface area contributed by atoms with Crippen LogP contribution in [-0.4, -0.2) is 37.6 Å². The number of rotatable bonds is 5. The van der Waals surface area contributed by atoms with Gasteiger partial charge < -0.3 is 14.9 Å². The van der Waals surface area contributed by atoms with Crippen LogP contribution in [0.15, 0.2) is 16.7 Å². The zero-order chi connectivity index (χ0) is 14.5. The average Bonchev–Trinajstić information content (AvgIpc) is 2.94. The van der Waals surface area contributed by atoms with Gasteiger partial charge in [0.1, 0.15) is 0 Å². The maximum absolute atomic E-state index is 11.6. The molecule has 0 amide bonds. The van der Waals surface area contributed by atoms with E-state index in [0.29, 0.717) is 24.3 Å². The summed E-state index contributed by atoms with van der Waals surface area (Å²) in [6.45, 7) is 1.41. The highest BCUT2D eigenvalue weighted by Crippen LogP contribution is 2.28. The first-order valence-electron chi connectivity index (χ1n) is 7.22. The minimum Gasteiger partial charge on any atom is -0.463 e. The van der Waals surface area contributed by atoms with Gasteiger partial charge in [-0.15, -0.1) is 0 Å². The van der Waals surface area contributed by atoms with Gasteiger partial charge in [-0.1, -0.05) is 12.8 Å². The Morgan fingerprint density at radius 2 is 2.25 bits per heavy atom. The number of carbonyl (C=O) groups excluding carboxylic acids is 1. The molecule has 0 radical (unpaired) electrons. The van der Waals surface area contributed by atoms with Crippen LogP contribution in [0.25, 0.3) is 0 Å². The van der Waals surface area contributed by atoms with Gasteiger partial charge in [-0.2, -0.15) is 0 Å². The largest absolute Gasteiger partial charge is 0.463 e. The van der Waals surface area contributed by atoms with Crippen LogP contribution < -0.4 is 5.73 Å². The first kappa shape index (κ1) is 15.1. The number of furan rings is 1. The lowest BCUT2D eigenvalue weighted by Crippen LogP contribution is -2.42. The van der Waals surface area contributed by atoms with Crippen molar-refractivity contribution in [2.45, 2.75) is 38.3 Å². The molecule has 2 N–H and O–H groups in total. The highest BCUT2D eigenvalue weighted by atomic mass is 16.5. The number of methoxy groups -OCH3 is 1. The summed E-state index contributed by atoms with van der Waals surface area (Å²) in [6, 6.07) is 2.32. The third-order valence-corrected chi connectivity index (χ3v) is 4.28. The summed E-state index contributed by atoms with van der Waals surface area (Å²) in [4.78, 5) is 13.9. The van der Waals surface area contributed by atoms with Crippen molar-refractivity contribution < 1.29 is 13.9 Å². The fraction of sp³-hybridized carbons (Fsp3) is 0.667. The predicted octanol–water partition coefficient (Wildman–Crippen LogP) is 2.02. The van der Waals surface area contributed by atoms with E-state index in [-0.39, 0.29) is 0 Å². The van der Waals surface area contributed by atoms with Gasteiger partial charge in [0.05, 0.1) is 13.4 Å². The standard InChI is InChI=1S/C15H24N2O3/c1-17(13-6-4-3-5-11(13)9-16)10-12-7-8-20-14(12)15(18)19-2/h7-8,11,13H,3-6,9-10,16H2,1-2H3. The van der Waals surface area contributed by atoms with E-state index < -0.39 is 5.97 Å². The number of carbonyl (C=O) groups is 1. The molecule has 0 spiro atoms. The summed E-state index contributed by atoms with van der Waals surface area (Å²) >= 11 is 0. The van der Waals surface area contributed by atoms with Gasteiger partial charge in [-0.25, -0.2) is 4.79 Å². The van der Waals surface area contributed by atoms with Crippen LogP contribution in [0.1, 0.15) is 41.8 Å². The summed E-state index contributed by atoms with van der Waals surface area (Å²) in [5, 5.41) is 0. The van der Waals surface area contributed by atoms with Gasteiger partial charge >= 0.3 is 5.97 Å². The van der Waals surface area contributed by atoms with Crippen molar-refractivity contribution in [2.75, 3.05) is 20.7 Å². The second-order valence-corrected chi connectivity index (χ2v) is 5.53. The van der Waals surface area contributed by atoms with E-state index in [2.05, 4.69) is 11.9 Å². The zero-order valence-corrected chi connectivity index (χ0v) is 12.3. The summed E-state index contributed by atoms with van der Waals surface area (Å²) in [5.41, 5.74) is 6.76. The van der Waals surface area contributed by atoms with Crippen molar-refractivity contribution in [3.05, 3.63) is 23.7 Å². The van der Waals surface area contributed by atoms with Crippen LogP contribution in [0, 0.1) is 5.92 Å². The van der Waals surface area contributed by atoms with Crippen LogP contribution in [-0.2, 0) is 11.3 Å². The Morgan fingerprint density at radius 1 is 1.50 bits per heavy atom. The van der Waals surface area contributed by atoms with E-state index in [1.54, 1.807) is 0 Å². The maximum Gasteiger partial charge on any atom is 0.374 e. The number of ether oxygens (including phenoxy) is 1. The fourth-order valence-corrected chi connectivity index (χ4v) is 3.16. The number of hydrogen-bond donors (Lipinski definition) is 1. The molecule has 20 heavy (non-hydrogen) atoms. The minimum atomic E-state index is -0.419. The van der Waals surface area contributed by atoms with Crippen molar-refractivity contribution in [3.8, 4) is 0 Å². The highest BCUT2D eigenvalue weighted by molar-refractivity contribution is 5.87. The van der Waals surface area contributed by atoms with Gasteiger partial charge in [0, 0.05) is 18.2 Å². The molecule has 1 aliphatic carbocycles. The quantitative estimate of drug-likeness (QED) is 0.836. The van der Waals surface area contributed by atoms with E-state index in [1.165, 1.54) is 39.1 Å². The summed E-state index contributed by atoms with van der Waals surface area (Å²) < 4.78 is 9.97. The number of nitrogens with zero attached hydrogens (tertiary/aromatic N) is 1. The van der Waals surface area contributed by atoms with Gasteiger partial charge in [0.25, 0.3) is 0 Å². The molecule has 1 aromatic rings. The van der Waals surface area contributed by atoms with Crippen LogP contribution in [0.2, 0.25) is 0 Å². The second-order valence-electron chi connectivity index (χ2n) is 5.53. The van der Waals surface area contributed by atoms with Crippen molar-refractivity contribution >= 4 is 5.97 Å². The van der Waals surface area contributed by atoms with Crippen LogP contribution in [0.3, 0.4) is 0 Å². The zero-order valence-electron chi connectivity index (χ0n) is 12.3. The van der Waals surface area contributed by atoms with Crippen molar-refractivity contribution in [1.82, 2.24) is 4.90 Å². The molecule has 1 saturated carbocycles. The van der Waals surface area contributed by atoms with Gasteiger partial charge in [0.15, 0.2) is 0 Å². The maximum atomic E-state index is 11.6. The van der Waals surface area contributed by atoms with Crippen LogP contribution >= 0.6 is 0 Å². The van der Waals surface area contributed by atoms with Crippen LogP contribution in [0.4, 0.5) is 0 Å². The smallest absolute Gasteiger partial charge is 0.374 e. The van der Waals surface area contributed by atoms with Gasteiger partial charge in [-0.05, 0) is 38.4 Å². The fourth-order valence-electron chi connectivity index (χ4n) is 3.16. The molecule has 112 valence electrons. The Morgan fingerprint density at radius 3 is 2.95 bits per heavy atom. The van der Waals surface area contributed by atoms with Crippen molar-refractivity contribution in [3.63, 3.8) is 0 Å². The molecule has 2 rings (SSSR count). The van der Waals surface area contributed by atoms with Gasteiger partial charge in [-0.3, -0.25) is 4.90 Å². The summed E-state index contributed by atoms with van der Waals surface area (Å²) in [7, 11) is 3.46. The number of hydrogen-bond acceptors (Lipinski definition) is 5. The SMILES string of the molecule is COC(=O)c1occc1CN(C)C1CCCCC1CN. The normalized spacial score (nSPS) is 23.0. The Bertz CT molecular complexity index is 444. The third-order valence-electron chi connectivity index (χ3n) is 4.28. The van der Waals surface area contributed by atoms with Crippen molar-refractivity contribution in [2.24, 2.45) is 11.7 Å². The monoisotopic (exact) mass is 280 g/mol. The molecule has 2 unspecified atom stereocenters. The van der Waals surface area contributed by atoms with Gasteiger partial charge in [0.2, 0.25) is 5.76 Å². The molecule has 0 bridgehead atoms. The molecular weight excluding hydrogens is 256 g/mol. The molecule has 1 aromatic heterocycles. The number of esters is 1. The van der Waals surface area contributed by atoms with E-state index in [0.717, 1.165) is 12.1 Å². The molecular formula is C15H24N2O3. The second kappa shape index (κ2) is 6.90. The van der Waals surface area contributed by atoms with E-state index in [4.69, 9.17) is 14.9 Å². The summed E-state index contributed by atoms with van der Waals surface area (Å²) in [6.07, 6.45) is 6.42. The highest BCUT2D eigenvalue weighted by Gasteiger charge is 2.28. The molecule has 0 aromatic carbocycles. The first-order chi connectivity index (χ1) is 9.67. The minimum absolute atomic E-state index is 0.305. The van der Waals surface area contributed by atoms with E-state index in [9.17, 15) is 4.79 Å². The first-order valence-corrected chi connectivity index (χ1v) is 7.22. The molecule has 1 aliphatic rings. The third kappa shape index (κ3) is 3.22. The lowest BCUT2D eigenvalue weighted by molar-refractivity contribution is 0.0559. The van der Waals surface area contributed by atoms with E-state index in [1.807, 2.05) is 6.07 Å². The Hall–Kier alpha value is -1.33. The molecule has 0 aliphatic heterocycles. The average molecular weight is 280 g/mol. The Kier molecular flexibility index (Phi) is 5.20.